The molecule has 1 aromatic heterocycles. The van der Waals surface area contributed by atoms with Crippen LogP contribution in [0.1, 0.15) is 55.5 Å². The molecule has 0 saturated heterocycles. The molecule has 4 aliphatic rings. The van der Waals surface area contributed by atoms with Gasteiger partial charge in [0.2, 0.25) is 0 Å². The Balaban J connectivity index is 1.33. The van der Waals surface area contributed by atoms with Gasteiger partial charge in [0, 0.05) is 16.1 Å². The lowest BCUT2D eigenvalue weighted by Crippen LogP contribution is -2.48. The quantitative estimate of drug-likeness (QED) is 0.541. The van der Waals surface area contributed by atoms with Gasteiger partial charge in [-0.15, -0.1) is 10.2 Å². The third-order valence-electron chi connectivity index (χ3n) is 7.70. The second-order valence-electron chi connectivity index (χ2n) is 9.77. The largest absolute Gasteiger partial charge is 0.508 e. The number of nitrogens with zero attached hydrogens (tertiary/aromatic N) is 3. The molecule has 158 valence electrons. The molecular weight excluding hydrogens is 408 g/mol. The summed E-state index contributed by atoms with van der Waals surface area (Å²) in [6, 6.07) is 12.1. The lowest BCUT2D eigenvalue weighted by molar-refractivity contribution is -0.00611. The van der Waals surface area contributed by atoms with Gasteiger partial charge in [-0.1, -0.05) is 35.9 Å². The monoisotopic (exact) mass is 432 g/mol. The number of hydrogen-bond acceptors (Lipinski definition) is 4. The lowest BCUT2D eigenvalue weighted by atomic mass is 9.48. The van der Waals surface area contributed by atoms with E-state index in [1.54, 1.807) is 6.08 Å². The second-order valence-corrected chi connectivity index (χ2v) is 10.2. The zero-order valence-electron chi connectivity index (χ0n) is 17.3. The van der Waals surface area contributed by atoms with Gasteiger partial charge in [-0.05, 0) is 102 Å². The van der Waals surface area contributed by atoms with Crippen LogP contribution in [-0.2, 0) is 5.41 Å². The maximum Gasteiger partial charge on any atom is 0.197 e. The molecule has 0 unspecified atom stereocenters. The van der Waals surface area contributed by atoms with Crippen molar-refractivity contribution >= 4 is 23.8 Å². The highest BCUT2D eigenvalue weighted by atomic mass is 35.5. The standard InChI is InChI=1S/C25H25ClN4O/c26-22-10-15(2-6-24-27-29-30-28-24)1-4-20(22)19-3-5-23(31)21(11-19)25-12-16-7-17(13-25)9-18(8-16)14-25/h1-6,10-11,16-18,31H,7-9,12-14H2,(H,27,28,29,30)/b6-2+. The van der Waals surface area contributed by atoms with E-state index in [2.05, 4.69) is 26.7 Å². The number of aromatic hydroxyl groups is 1. The van der Waals surface area contributed by atoms with Crippen molar-refractivity contribution in [2.45, 2.75) is 43.9 Å². The minimum absolute atomic E-state index is 0.147. The molecule has 6 heteroatoms. The van der Waals surface area contributed by atoms with Crippen molar-refractivity contribution in [3.63, 3.8) is 0 Å². The predicted molar refractivity (Wildman–Crippen MR) is 122 cm³/mol. The number of aromatic amines is 1. The first-order valence-corrected chi connectivity index (χ1v) is 11.5. The van der Waals surface area contributed by atoms with E-state index in [0.717, 1.165) is 40.0 Å². The van der Waals surface area contributed by atoms with E-state index in [1.165, 1.54) is 38.5 Å². The van der Waals surface area contributed by atoms with E-state index in [1.807, 2.05) is 36.4 Å². The van der Waals surface area contributed by atoms with E-state index in [0.29, 0.717) is 16.6 Å². The fourth-order valence-corrected chi connectivity index (χ4v) is 7.15. The Morgan fingerprint density at radius 2 is 1.71 bits per heavy atom. The summed E-state index contributed by atoms with van der Waals surface area (Å²) in [5.74, 6) is 3.48. The van der Waals surface area contributed by atoms with Gasteiger partial charge in [0.15, 0.2) is 5.82 Å². The Morgan fingerprint density at radius 3 is 2.35 bits per heavy atom. The fraction of sp³-hybridized carbons (Fsp3) is 0.400. The van der Waals surface area contributed by atoms with Crippen LogP contribution in [-0.4, -0.2) is 25.7 Å². The lowest BCUT2D eigenvalue weighted by Gasteiger charge is -2.57. The Bertz CT molecular complexity index is 1120. The van der Waals surface area contributed by atoms with Gasteiger partial charge < -0.3 is 5.11 Å². The SMILES string of the molecule is Oc1ccc(-c2ccc(/C=C/c3nn[nH]n3)cc2Cl)cc1C12CC3CC(CC(C3)C1)C2. The third-order valence-corrected chi connectivity index (χ3v) is 8.01. The summed E-state index contributed by atoms with van der Waals surface area (Å²) in [6.45, 7) is 0. The molecule has 1 heterocycles. The van der Waals surface area contributed by atoms with Gasteiger partial charge in [-0.3, -0.25) is 0 Å². The van der Waals surface area contributed by atoms with Crippen LogP contribution in [0.5, 0.6) is 5.75 Å². The third kappa shape index (κ3) is 3.35. The van der Waals surface area contributed by atoms with Gasteiger partial charge >= 0.3 is 0 Å². The molecule has 31 heavy (non-hydrogen) atoms. The van der Waals surface area contributed by atoms with Crippen LogP contribution in [0.4, 0.5) is 0 Å². The summed E-state index contributed by atoms with van der Waals surface area (Å²) < 4.78 is 0. The molecule has 2 aromatic carbocycles. The first-order chi connectivity index (χ1) is 15.1. The molecule has 0 atom stereocenters. The first kappa shape index (κ1) is 19.1. The maximum atomic E-state index is 10.9. The number of aromatic nitrogens is 4. The molecule has 2 N–H and O–H groups in total. The molecule has 0 amide bonds. The van der Waals surface area contributed by atoms with Gasteiger partial charge in [0.05, 0.1) is 0 Å². The molecular formula is C25H25ClN4O. The summed E-state index contributed by atoms with van der Waals surface area (Å²) in [4.78, 5) is 0. The number of phenols is 1. The van der Waals surface area contributed by atoms with Crippen molar-refractivity contribution in [3.8, 4) is 16.9 Å². The van der Waals surface area contributed by atoms with Crippen LogP contribution < -0.4 is 0 Å². The maximum absolute atomic E-state index is 10.9. The zero-order chi connectivity index (χ0) is 21.0. The summed E-state index contributed by atoms with van der Waals surface area (Å²) >= 11 is 6.69. The van der Waals surface area contributed by atoms with Crippen molar-refractivity contribution < 1.29 is 5.11 Å². The number of rotatable bonds is 4. The van der Waals surface area contributed by atoms with Crippen LogP contribution in [0.15, 0.2) is 36.4 Å². The minimum Gasteiger partial charge on any atom is -0.508 e. The van der Waals surface area contributed by atoms with Crippen molar-refractivity contribution in [3.05, 3.63) is 58.4 Å². The summed E-state index contributed by atoms with van der Waals surface area (Å²) in [6.07, 6.45) is 11.6. The Kier molecular flexibility index (Phi) is 4.42. The Morgan fingerprint density at radius 1 is 0.968 bits per heavy atom. The highest BCUT2D eigenvalue weighted by molar-refractivity contribution is 6.33. The fourth-order valence-electron chi connectivity index (χ4n) is 6.85. The molecule has 0 radical (unpaired) electrons. The summed E-state index contributed by atoms with van der Waals surface area (Å²) in [5.41, 5.74) is 4.32. The molecule has 4 aliphatic carbocycles. The van der Waals surface area contributed by atoms with Gasteiger partial charge in [-0.25, -0.2) is 0 Å². The zero-order valence-corrected chi connectivity index (χ0v) is 18.0. The molecule has 0 spiro atoms. The van der Waals surface area contributed by atoms with E-state index in [9.17, 15) is 5.11 Å². The van der Waals surface area contributed by atoms with Gasteiger partial charge in [0.25, 0.3) is 0 Å². The van der Waals surface area contributed by atoms with Gasteiger partial charge in [0.1, 0.15) is 5.75 Å². The van der Waals surface area contributed by atoms with Crippen molar-refractivity contribution in [2.24, 2.45) is 17.8 Å². The minimum atomic E-state index is 0.147. The Hall–Kier alpha value is -2.66. The number of benzene rings is 2. The summed E-state index contributed by atoms with van der Waals surface area (Å²) in [7, 11) is 0. The number of H-pyrrole nitrogens is 1. The second kappa shape index (κ2) is 7.20. The van der Waals surface area contributed by atoms with Crippen LogP contribution in [0.2, 0.25) is 5.02 Å². The first-order valence-electron chi connectivity index (χ1n) is 11.1. The van der Waals surface area contributed by atoms with Crippen LogP contribution in [0.25, 0.3) is 23.3 Å². The molecule has 7 rings (SSSR count). The van der Waals surface area contributed by atoms with Crippen molar-refractivity contribution in [1.29, 1.82) is 0 Å². The molecule has 4 saturated carbocycles. The van der Waals surface area contributed by atoms with E-state index in [4.69, 9.17) is 11.6 Å². The van der Waals surface area contributed by atoms with E-state index in [-0.39, 0.29) is 5.41 Å². The van der Waals surface area contributed by atoms with Gasteiger partial charge in [-0.2, -0.15) is 5.21 Å². The number of halogens is 1. The van der Waals surface area contributed by atoms with Crippen LogP contribution in [0.3, 0.4) is 0 Å². The predicted octanol–water partition coefficient (Wildman–Crippen LogP) is 5.86. The molecule has 5 nitrogen and oxygen atoms in total. The smallest absolute Gasteiger partial charge is 0.197 e. The highest BCUT2D eigenvalue weighted by Gasteiger charge is 2.52. The summed E-state index contributed by atoms with van der Waals surface area (Å²) in [5, 5.41) is 25.4. The van der Waals surface area contributed by atoms with E-state index >= 15 is 0 Å². The van der Waals surface area contributed by atoms with Crippen LogP contribution in [0, 0.1) is 17.8 Å². The number of phenolic OH excluding ortho intramolecular Hbond substituents is 1. The average molecular weight is 433 g/mol. The molecule has 3 aromatic rings. The van der Waals surface area contributed by atoms with Crippen LogP contribution >= 0.6 is 11.6 Å². The molecule has 0 aliphatic heterocycles. The van der Waals surface area contributed by atoms with Crippen molar-refractivity contribution in [1.82, 2.24) is 20.6 Å². The van der Waals surface area contributed by atoms with Crippen molar-refractivity contribution in [2.75, 3.05) is 0 Å². The highest BCUT2D eigenvalue weighted by Crippen LogP contribution is 2.62. The normalized spacial score (nSPS) is 29.1. The number of nitrogens with one attached hydrogen (secondary N) is 1. The Labute approximate surface area is 186 Å². The molecule has 4 fully saturated rings. The number of hydrogen-bond donors (Lipinski definition) is 2. The topological polar surface area (TPSA) is 74.7 Å². The van der Waals surface area contributed by atoms with E-state index < -0.39 is 0 Å². The number of tetrazole rings is 1. The average Bonchev–Trinajstić information content (AvgIpc) is 3.26. The molecule has 4 bridgehead atoms.